The van der Waals surface area contributed by atoms with Crippen LogP contribution in [-0.4, -0.2) is 22.6 Å². The van der Waals surface area contributed by atoms with Gasteiger partial charge in [0.15, 0.2) is 5.96 Å². The molecule has 0 atom stereocenters. The van der Waals surface area contributed by atoms with E-state index in [1.54, 1.807) is 7.05 Å². The van der Waals surface area contributed by atoms with Crippen molar-refractivity contribution in [3.8, 4) is 0 Å². The molecule has 1 heterocycles. The molecule has 132 valence electrons. The molecule has 0 aliphatic rings. The van der Waals surface area contributed by atoms with Crippen molar-refractivity contribution in [1.29, 1.82) is 0 Å². The lowest BCUT2D eigenvalue weighted by molar-refractivity contribution is 0.736. The van der Waals surface area contributed by atoms with Gasteiger partial charge in [0.05, 0.1) is 17.6 Å². The Bertz CT molecular complexity index is 852. The second-order valence-electron chi connectivity index (χ2n) is 5.84. The molecule has 5 nitrogen and oxygen atoms in total. The number of para-hydroxylation sites is 2. The Labute approximate surface area is 165 Å². The number of nitrogens with zero attached hydrogens (tertiary/aromatic N) is 3. The number of hydrogen-bond acceptors (Lipinski definition) is 2. The van der Waals surface area contributed by atoms with Crippen LogP contribution in [0.1, 0.15) is 17.0 Å². The molecule has 3 aromatic rings. The van der Waals surface area contributed by atoms with Crippen molar-refractivity contribution in [3.63, 3.8) is 0 Å². The number of nitrogens with one attached hydrogen (secondary N) is 2. The maximum atomic E-state index is 4.66. The Balaban J connectivity index is 0.00000225. The van der Waals surface area contributed by atoms with Gasteiger partial charge >= 0.3 is 0 Å². The maximum absolute atomic E-state index is 4.66. The molecule has 0 saturated heterocycles. The van der Waals surface area contributed by atoms with E-state index < -0.39 is 0 Å². The fourth-order valence-corrected chi connectivity index (χ4v) is 2.63. The highest BCUT2D eigenvalue weighted by Crippen LogP contribution is 2.13. The van der Waals surface area contributed by atoms with E-state index >= 15 is 0 Å². The number of guanidine groups is 1. The zero-order chi connectivity index (χ0) is 16.9. The van der Waals surface area contributed by atoms with Crippen LogP contribution in [0.25, 0.3) is 11.0 Å². The summed E-state index contributed by atoms with van der Waals surface area (Å²) in [6.45, 7) is 3.45. The summed E-state index contributed by atoms with van der Waals surface area (Å²) in [5.41, 5.74) is 4.64. The minimum Gasteiger partial charge on any atom is -0.352 e. The average molecular weight is 449 g/mol. The van der Waals surface area contributed by atoms with Gasteiger partial charge in [0.2, 0.25) is 0 Å². The standard InChI is InChI=1S/C19H23N5.HI/c1-14-8-10-15(11-9-14)12-21-19(20-2)22-13-18-23-16-6-4-5-7-17(16)24(18)3;/h4-11H,12-13H2,1-3H3,(H2,20,21,22);1H. The second-order valence-corrected chi connectivity index (χ2v) is 5.84. The van der Waals surface area contributed by atoms with Gasteiger partial charge in [-0.25, -0.2) is 4.98 Å². The number of rotatable bonds is 4. The van der Waals surface area contributed by atoms with E-state index in [9.17, 15) is 0 Å². The van der Waals surface area contributed by atoms with Crippen molar-refractivity contribution >= 4 is 41.0 Å². The van der Waals surface area contributed by atoms with Gasteiger partial charge in [-0.1, -0.05) is 42.0 Å². The third-order valence-corrected chi connectivity index (χ3v) is 4.10. The quantitative estimate of drug-likeness (QED) is 0.365. The van der Waals surface area contributed by atoms with Gasteiger partial charge in [0.25, 0.3) is 0 Å². The van der Waals surface area contributed by atoms with Crippen LogP contribution in [-0.2, 0) is 20.1 Å². The molecule has 0 fully saturated rings. The summed E-state index contributed by atoms with van der Waals surface area (Å²) >= 11 is 0. The van der Waals surface area contributed by atoms with Gasteiger partial charge in [-0.15, -0.1) is 24.0 Å². The molecule has 2 aromatic carbocycles. The van der Waals surface area contributed by atoms with Crippen LogP contribution < -0.4 is 10.6 Å². The molecule has 0 radical (unpaired) electrons. The highest BCUT2D eigenvalue weighted by atomic mass is 127. The zero-order valence-corrected chi connectivity index (χ0v) is 17.1. The van der Waals surface area contributed by atoms with Crippen LogP contribution in [0.3, 0.4) is 0 Å². The van der Waals surface area contributed by atoms with Gasteiger partial charge < -0.3 is 15.2 Å². The Kier molecular flexibility index (Phi) is 6.81. The van der Waals surface area contributed by atoms with Crippen molar-refractivity contribution in [2.75, 3.05) is 7.05 Å². The number of aryl methyl sites for hydroxylation is 2. The number of aliphatic imine (C=N–C) groups is 1. The van der Waals surface area contributed by atoms with E-state index in [0.717, 1.165) is 29.4 Å². The molecular weight excluding hydrogens is 425 g/mol. The van der Waals surface area contributed by atoms with Crippen LogP contribution in [0.15, 0.2) is 53.5 Å². The molecule has 6 heteroatoms. The van der Waals surface area contributed by atoms with Crippen molar-refractivity contribution in [1.82, 2.24) is 20.2 Å². The van der Waals surface area contributed by atoms with Crippen LogP contribution in [0.5, 0.6) is 0 Å². The molecule has 0 aliphatic heterocycles. The predicted octanol–water partition coefficient (Wildman–Crippen LogP) is 3.36. The molecule has 0 spiro atoms. The van der Waals surface area contributed by atoms with Crippen LogP contribution in [0, 0.1) is 6.92 Å². The molecule has 0 amide bonds. The molecule has 0 saturated carbocycles. The number of hydrogen-bond donors (Lipinski definition) is 2. The Morgan fingerprint density at radius 1 is 1.04 bits per heavy atom. The normalized spacial score (nSPS) is 11.2. The first-order valence-electron chi connectivity index (χ1n) is 8.08. The minimum atomic E-state index is 0. The second kappa shape index (κ2) is 8.84. The smallest absolute Gasteiger partial charge is 0.191 e. The SMILES string of the molecule is CN=C(NCc1ccc(C)cc1)NCc1nc2ccccc2n1C.I. The van der Waals surface area contributed by atoms with Gasteiger partial charge in [-0.05, 0) is 24.6 Å². The van der Waals surface area contributed by atoms with Crippen LogP contribution >= 0.6 is 24.0 Å². The fourth-order valence-electron chi connectivity index (χ4n) is 2.63. The fraction of sp³-hybridized carbons (Fsp3) is 0.263. The summed E-state index contributed by atoms with van der Waals surface area (Å²) in [5.74, 6) is 1.75. The van der Waals surface area contributed by atoms with Gasteiger partial charge in [0.1, 0.15) is 5.82 Å². The molecule has 25 heavy (non-hydrogen) atoms. The molecule has 3 rings (SSSR count). The summed E-state index contributed by atoms with van der Waals surface area (Å²) in [5, 5.41) is 6.66. The highest BCUT2D eigenvalue weighted by molar-refractivity contribution is 14.0. The summed E-state index contributed by atoms with van der Waals surface area (Å²) < 4.78 is 2.11. The summed E-state index contributed by atoms with van der Waals surface area (Å²) in [6, 6.07) is 16.6. The number of halogens is 1. The number of fused-ring (bicyclic) bond motifs is 1. The molecule has 0 bridgehead atoms. The summed E-state index contributed by atoms with van der Waals surface area (Å²) in [4.78, 5) is 8.94. The third-order valence-electron chi connectivity index (χ3n) is 4.10. The highest BCUT2D eigenvalue weighted by Gasteiger charge is 2.07. The van der Waals surface area contributed by atoms with Gasteiger partial charge in [0, 0.05) is 20.6 Å². The zero-order valence-electron chi connectivity index (χ0n) is 14.8. The molecule has 0 unspecified atom stereocenters. The lowest BCUT2D eigenvalue weighted by Crippen LogP contribution is -2.36. The first kappa shape index (κ1) is 19.2. The summed E-state index contributed by atoms with van der Waals surface area (Å²) in [7, 11) is 3.81. The van der Waals surface area contributed by atoms with Crippen LogP contribution in [0.2, 0.25) is 0 Å². The van der Waals surface area contributed by atoms with Crippen molar-refractivity contribution < 1.29 is 0 Å². The number of aromatic nitrogens is 2. The Morgan fingerprint density at radius 3 is 2.40 bits per heavy atom. The first-order valence-corrected chi connectivity index (χ1v) is 8.08. The number of imidazole rings is 1. The van der Waals surface area contributed by atoms with E-state index in [0.29, 0.717) is 6.54 Å². The molecule has 0 aliphatic carbocycles. The van der Waals surface area contributed by atoms with Crippen molar-refractivity contribution in [2.45, 2.75) is 20.0 Å². The monoisotopic (exact) mass is 449 g/mol. The lowest BCUT2D eigenvalue weighted by Gasteiger charge is -2.12. The first-order chi connectivity index (χ1) is 11.7. The average Bonchev–Trinajstić information content (AvgIpc) is 2.93. The predicted molar refractivity (Wildman–Crippen MR) is 114 cm³/mol. The maximum Gasteiger partial charge on any atom is 0.191 e. The minimum absolute atomic E-state index is 0. The van der Waals surface area contributed by atoms with E-state index in [4.69, 9.17) is 0 Å². The largest absolute Gasteiger partial charge is 0.352 e. The van der Waals surface area contributed by atoms with E-state index in [-0.39, 0.29) is 24.0 Å². The van der Waals surface area contributed by atoms with E-state index in [2.05, 4.69) is 62.4 Å². The third kappa shape index (κ3) is 4.72. The Morgan fingerprint density at radius 2 is 1.72 bits per heavy atom. The van der Waals surface area contributed by atoms with Crippen molar-refractivity contribution in [2.24, 2.45) is 12.0 Å². The van der Waals surface area contributed by atoms with E-state index in [1.165, 1.54) is 11.1 Å². The van der Waals surface area contributed by atoms with Gasteiger partial charge in [-0.3, -0.25) is 4.99 Å². The van der Waals surface area contributed by atoms with Gasteiger partial charge in [-0.2, -0.15) is 0 Å². The molecular formula is C19H24IN5. The van der Waals surface area contributed by atoms with Crippen LogP contribution in [0.4, 0.5) is 0 Å². The number of benzene rings is 2. The molecule has 2 N–H and O–H groups in total. The lowest BCUT2D eigenvalue weighted by atomic mass is 10.1. The summed E-state index contributed by atoms with van der Waals surface area (Å²) in [6.07, 6.45) is 0. The van der Waals surface area contributed by atoms with E-state index in [1.807, 2.05) is 25.2 Å². The molecule has 1 aromatic heterocycles. The van der Waals surface area contributed by atoms with Crippen molar-refractivity contribution in [3.05, 3.63) is 65.5 Å². The topological polar surface area (TPSA) is 54.2 Å². The Hall–Kier alpha value is -2.09.